The van der Waals surface area contributed by atoms with E-state index in [4.69, 9.17) is 5.11 Å². The standard InChI is InChI=1S/C23H20F3N5O4/c24-23(25,26)35-18-6-4-17(5-7-18)29-20-13-19(27-14-28-20)15-2-1-3-16(12-15)21(32)30-8-10-31(11-9-30)22(33)34/h1-7,12-14H,8-11H2,(H,33,34)(H,27,28,29). The van der Waals surface area contributed by atoms with Crippen LogP contribution in [0, 0.1) is 0 Å². The maximum absolute atomic E-state index is 12.9. The molecule has 1 aliphatic heterocycles. The van der Waals surface area contributed by atoms with E-state index in [1.807, 2.05) is 0 Å². The van der Waals surface area contributed by atoms with Crippen molar-refractivity contribution in [1.29, 1.82) is 0 Å². The first-order chi connectivity index (χ1) is 16.7. The summed E-state index contributed by atoms with van der Waals surface area (Å²) < 4.78 is 40.8. The molecule has 0 radical (unpaired) electrons. The van der Waals surface area contributed by atoms with Gasteiger partial charge in [-0.25, -0.2) is 14.8 Å². The number of piperazine rings is 1. The predicted octanol–water partition coefficient (Wildman–Crippen LogP) is 4.22. The van der Waals surface area contributed by atoms with Gasteiger partial charge in [0.25, 0.3) is 5.91 Å². The Hall–Kier alpha value is -4.35. The van der Waals surface area contributed by atoms with E-state index in [1.165, 1.54) is 35.5 Å². The summed E-state index contributed by atoms with van der Waals surface area (Å²) in [6, 6.07) is 13.8. The number of nitrogens with zero attached hydrogens (tertiary/aromatic N) is 4. The van der Waals surface area contributed by atoms with Crippen molar-refractivity contribution in [2.45, 2.75) is 6.36 Å². The van der Waals surface area contributed by atoms with E-state index in [2.05, 4.69) is 20.0 Å². The number of hydrogen-bond donors (Lipinski definition) is 2. The first-order valence-corrected chi connectivity index (χ1v) is 10.5. The van der Waals surface area contributed by atoms with Crippen LogP contribution in [-0.2, 0) is 0 Å². The first kappa shape index (κ1) is 23.8. The largest absolute Gasteiger partial charge is 0.573 e. The summed E-state index contributed by atoms with van der Waals surface area (Å²) in [5.74, 6) is -0.135. The van der Waals surface area contributed by atoms with E-state index < -0.39 is 12.5 Å². The van der Waals surface area contributed by atoms with Crippen LogP contribution in [0.2, 0.25) is 0 Å². The van der Waals surface area contributed by atoms with Gasteiger partial charge in [-0.3, -0.25) is 4.79 Å². The van der Waals surface area contributed by atoms with Crippen LogP contribution in [0.3, 0.4) is 0 Å². The third-order valence-electron chi connectivity index (χ3n) is 5.27. The fraction of sp³-hybridized carbons (Fsp3) is 0.217. The molecule has 12 heteroatoms. The molecular weight excluding hydrogens is 467 g/mol. The summed E-state index contributed by atoms with van der Waals surface area (Å²) in [7, 11) is 0. The molecule has 35 heavy (non-hydrogen) atoms. The number of alkyl halides is 3. The molecule has 182 valence electrons. The number of benzene rings is 2. The number of carbonyl (C=O) groups excluding carboxylic acids is 1. The van der Waals surface area contributed by atoms with Crippen LogP contribution in [0.4, 0.5) is 29.5 Å². The van der Waals surface area contributed by atoms with Gasteiger partial charge in [-0.05, 0) is 36.4 Å². The minimum atomic E-state index is -4.76. The van der Waals surface area contributed by atoms with E-state index in [-0.39, 0.29) is 24.7 Å². The number of ether oxygens (including phenoxy) is 1. The zero-order chi connectivity index (χ0) is 25.0. The quantitative estimate of drug-likeness (QED) is 0.555. The van der Waals surface area contributed by atoms with Gasteiger partial charge in [-0.1, -0.05) is 12.1 Å². The highest BCUT2D eigenvalue weighted by molar-refractivity contribution is 5.95. The number of hydrogen-bond acceptors (Lipinski definition) is 6. The Labute approximate surface area is 197 Å². The molecule has 0 bridgehead atoms. The first-order valence-electron chi connectivity index (χ1n) is 10.5. The van der Waals surface area contributed by atoms with E-state index in [0.717, 1.165) is 0 Å². The minimum Gasteiger partial charge on any atom is -0.465 e. The lowest BCUT2D eigenvalue weighted by molar-refractivity contribution is -0.274. The van der Waals surface area contributed by atoms with E-state index in [0.29, 0.717) is 41.4 Å². The molecule has 1 saturated heterocycles. The molecule has 0 spiro atoms. The molecule has 9 nitrogen and oxygen atoms in total. The second-order valence-corrected chi connectivity index (χ2v) is 7.63. The van der Waals surface area contributed by atoms with Gasteiger partial charge in [0.1, 0.15) is 17.9 Å². The van der Waals surface area contributed by atoms with Crippen LogP contribution in [0.5, 0.6) is 5.75 Å². The van der Waals surface area contributed by atoms with Gasteiger partial charge in [0.2, 0.25) is 0 Å². The van der Waals surface area contributed by atoms with Gasteiger partial charge >= 0.3 is 12.5 Å². The van der Waals surface area contributed by atoms with Crippen LogP contribution >= 0.6 is 0 Å². The maximum atomic E-state index is 12.9. The third kappa shape index (κ3) is 6.16. The molecule has 3 aromatic rings. The van der Waals surface area contributed by atoms with Crippen molar-refractivity contribution in [1.82, 2.24) is 19.8 Å². The Balaban J connectivity index is 1.45. The highest BCUT2D eigenvalue weighted by Crippen LogP contribution is 2.26. The molecule has 0 saturated carbocycles. The van der Waals surface area contributed by atoms with Gasteiger partial charge in [0.15, 0.2) is 0 Å². The molecule has 2 amide bonds. The molecule has 4 rings (SSSR count). The van der Waals surface area contributed by atoms with Crippen molar-refractivity contribution in [3.8, 4) is 17.0 Å². The second-order valence-electron chi connectivity index (χ2n) is 7.63. The van der Waals surface area contributed by atoms with Crippen molar-refractivity contribution < 1.29 is 32.6 Å². The lowest BCUT2D eigenvalue weighted by atomic mass is 10.1. The number of rotatable bonds is 5. The lowest BCUT2D eigenvalue weighted by Crippen LogP contribution is -2.50. The molecule has 1 aromatic heterocycles. The summed E-state index contributed by atoms with van der Waals surface area (Å²) in [6.07, 6.45) is -4.43. The number of anilines is 2. The Bertz CT molecular complexity index is 1210. The molecule has 0 atom stereocenters. The molecule has 0 aliphatic carbocycles. The molecular formula is C23H20F3N5O4. The number of carboxylic acid groups (broad SMARTS) is 1. The summed E-state index contributed by atoms with van der Waals surface area (Å²) in [6.45, 7) is 1.13. The molecule has 2 heterocycles. The average Bonchev–Trinajstić information content (AvgIpc) is 2.84. The highest BCUT2D eigenvalue weighted by Gasteiger charge is 2.31. The number of aromatic nitrogens is 2. The summed E-state index contributed by atoms with van der Waals surface area (Å²) in [5.41, 5.74) is 2.14. The molecule has 2 aromatic carbocycles. The fourth-order valence-electron chi connectivity index (χ4n) is 3.57. The van der Waals surface area contributed by atoms with Crippen molar-refractivity contribution >= 4 is 23.5 Å². The van der Waals surface area contributed by atoms with Gasteiger partial charge in [0, 0.05) is 49.1 Å². The summed E-state index contributed by atoms with van der Waals surface area (Å²) >= 11 is 0. The monoisotopic (exact) mass is 487 g/mol. The number of halogens is 3. The topological polar surface area (TPSA) is 108 Å². The maximum Gasteiger partial charge on any atom is 0.573 e. The third-order valence-corrected chi connectivity index (χ3v) is 5.27. The van der Waals surface area contributed by atoms with Crippen molar-refractivity contribution in [3.63, 3.8) is 0 Å². The Morgan fingerprint density at radius 1 is 0.943 bits per heavy atom. The zero-order valence-electron chi connectivity index (χ0n) is 18.2. The molecule has 0 unspecified atom stereocenters. The number of carbonyl (C=O) groups is 2. The minimum absolute atomic E-state index is 0.203. The zero-order valence-corrected chi connectivity index (χ0v) is 18.2. The molecule has 1 fully saturated rings. The van der Waals surface area contributed by atoms with Crippen LogP contribution in [0.1, 0.15) is 10.4 Å². The SMILES string of the molecule is O=C(O)N1CCN(C(=O)c2cccc(-c3cc(Nc4ccc(OC(F)(F)F)cc4)ncn3)c2)CC1. The Morgan fingerprint density at radius 3 is 2.29 bits per heavy atom. The van der Waals surface area contributed by atoms with Crippen LogP contribution in [0.25, 0.3) is 11.3 Å². The predicted molar refractivity (Wildman–Crippen MR) is 119 cm³/mol. The van der Waals surface area contributed by atoms with Gasteiger partial charge in [-0.2, -0.15) is 0 Å². The number of amides is 2. The highest BCUT2D eigenvalue weighted by atomic mass is 19.4. The van der Waals surface area contributed by atoms with Crippen LogP contribution < -0.4 is 10.1 Å². The van der Waals surface area contributed by atoms with Crippen molar-refractivity contribution in [2.75, 3.05) is 31.5 Å². The summed E-state index contributed by atoms with van der Waals surface area (Å²) in [5, 5.41) is 12.1. The molecule has 1 aliphatic rings. The second kappa shape index (κ2) is 9.87. The fourth-order valence-corrected chi connectivity index (χ4v) is 3.57. The summed E-state index contributed by atoms with van der Waals surface area (Å²) in [4.78, 5) is 35.3. The van der Waals surface area contributed by atoms with E-state index in [9.17, 15) is 22.8 Å². The number of nitrogens with one attached hydrogen (secondary N) is 1. The average molecular weight is 487 g/mol. The van der Waals surface area contributed by atoms with E-state index in [1.54, 1.807) is 35.2 Å². The van der Waals surface area contributed by atoms with Crippen LogP contribution in [0.15, 0.2) is 60.9 Å². The van der Waals surface area contributed by atoms with Crippen molar-refractivity contribution in [3.05, 3.63) is 66.5 Å². The van der Waals surface area contributed by atoms with Crippen molar-refractivity contribution in [2.24, 2.45) is 0 Å². The van der Waals surface area contributed by atoms with Gasteiger partial charge in [-0.15, -0.1) is 13.2 Å². The van der Waals surface area contributed by atoms with Gasteiger partial charge in [0.05, 0.1) is 5.69 Å². The Kier molecular flexibility index (Phi) is 6.71. The van der Waals surface area contributed by atoms with E-state index >= 15 is 0 Å². The smallest absolute Gasteiger partial charge is 0.465 e. The Morgan fingerprint density at radius 2 is 1.63 bits per heavy atom. The lowest BCUT2D eigenvalue weighted by Gasteiger charge is -2.33. The van der Waals surface area contributed by atoms with Gasteiger partial charge < -0.3 is 25.0 Å². The molecule has 2 N–H and O–H groups in total. The normalized spacial score (nSPS) is 13.9. The van der Waals surface area contributed by atoms with Crippen LogP contribution in [-0.4, -0.2) is 69.4 Å².